The van der Waals surface area contributed by atoms with Crippen LogP contribution < -0.4 is 10.6 Å². The molecule has 4 N–H and O–H groups in total. The first-order valence-corrected chi connectivity index (χ1v) is 18.9. The highest BCUT2D eigenvalue weighted by molar-refractivity contribution is 5.87. The second-order valence-corrected chi connectivity index (χ2v) is 13.0. The number of ether oxygens (including phenoxy) is 1. The number of carboxylic acids is 1. The minimum atomic E-state index is -1.38. The molecule has 2 atom stereocenters. The van der Waals surface area contributed by atoms with Gasteiger partial charge in [-0.2, -0.15) is 0 Å². The normalized spacial score (nSPS) is 12.4. The first-order valence-electron chi connectivity index (χ1n) is 18.9. The quantitative estimate of drug-likeness (QED) is 0.0405. The molecule has 0 fully saturated rings. The lowest BCUT2D eigenvalue weighted by Gasteiger charge is -2.18. The molecule has 270 valence electrons. The van der Waals surface area contributed by atoms with Gasteiger partial charge < -0.3 is 25.6 Å². The zero-order valence-corrected chi connectivity index (χ0v) is 29.6. The van der Waals surface area contributed by atoms with Gasteiger partial charge in [0.25, 0.3) is 0 Å². The van der Waals surface area contributed by atoms with Crippen molar-refractivity contribution in [2.24, 2.45) is 0 Å². The fourth-order valence-electron chi connectivity index (χ4n) is 5.66. The number of carbonyl (C=O) groups is 4. The predicted molar refractivity (Wildman–Crippen MR) is 186 cm³/mol. The second-order valence-electron chi connectivity index (χ2n) is 13.0. The number of nitrogens with one attached hydrogen (secondary N) is 2. The fraction of sp³-hybridized carbons (Fsp3) is 0.892. The van der Waals surface area contributed by atoms with Gasteiger partial charge in [-0.3, -0.25) is 14.4 Å². The first-order chi connectivity index (χ1) is 22.3. The number of unbranched alkanes of at least 4 members (excludes halogenated alkanes) is 20. The van der Waals surface area contributed by atoms with E-state index in [4.69, 9.17) is 14.9 Å². The summed E-state index contributed by atoms with van der Waals surface area (Å²) >= 11 is 0. The van der Waals surface area contributed by atoms with Crippen molar-refractivity contribution in [3.05, 3.63) is 0 Å². The number of aliphatic carboxylic acids is 1. The Balaban J connectivity index is 4.13. The van der Waals surface area contributed by atoms with Crippen LogP contribution in [0, 0.1) is 0 Å². The third kappa shape index (κ3) is 29.3. The number of aliphatic hydroxyl groups is 1. The first kappa shape index (κ1) is 43.8. The Hall–Kier alpha value is -2.16. The molecular formula is C37H70N2O7. The van der Waals surface area contributed by atoms with E-state index in [1.165, 1.54) is 96.3 Å². The maximum atomic E-state index is 12.6. The van der Waals surface area contributed by atoms with Crippen LogP contribution in [0.4, 0.5) is 0 Å². The van der Waals surface area contributed by atoms with Crippen LogP contribution >= 0.6 is 0 Å². The minimum absolute atomic E-state index is 0.000478. The molecule has 9 nitrogen and oxygen atoms in total. The van der Waals surface area contributed by atoms with Crippen LogP contribution in [-0.4, -0.2) is 59.3 Å². The number of esters is 1. The van der Waals surface area contributed by atoms with E-state index < -0.39 is 24.5 Å². The van der Waals surface area contributed by atoms with E-state index in [2.05, 4.69) is 24.5 Å². The number of hydrogen-bond donors (Lipinski definition) is 4. The molecule has 0 radical (unpaired) electrons. The number of aliphatic hydroxyl groups excluding tert-OH is 1. The summed E-state index contributed by atoms with van der Waals surface area (Å²) in [4.78, 5) is 47.2. The molecule has 46 heavy (non-hydrogen) atoms. The Morgan fingerprint density at radius 1 is 0.565 bits per heavy atom. The van der Waals surface area contributed by atoms with Crippen molar-refractivity contribution >= 4 is 23.8 Å². The number of carboxylic acid groups (broad SMARTS) is 1. The summed E-state index contributed by atoms with van der Waals surface area (Å²) in [7, 11) is 0. The number of hydrogen-bond acceptors (Lipinski definition) is 6. The summed E-state index contributed by atoms with van der Waals surface area (Å²) in [6.07, 6.45) is 29.9. The van der Waals surface area contributed by atoms with Crippen molar-refractivity contribution in [1.29, 1.82) is 0 Å². The van der Waals surface area contributed by atoms with Gasteiger partial charge in [0.15, 0.2) is 0 Å². The summed E-state index contributed by atoms with van der Waals surface area (Å²) in [5.41, 5.74) is 0. The molecule has 0 aromatic carbocycles. The van der Waals surface area contributed by atoms with E-state index >= 15 is 0 Å². The van der Waals surface area contributed by atoms with Crippen LogP contribution in [0.15, 0.2) is 0 Å². The van der Waals surface area contributed by atoms with Crippen molar-refractivity contribution in [3.63, 3.8) is 0 Å². The van der Waals surface area contributed by atoms with Crippen molar-refractivity contribution < 1.29 is 34.1 Å². The third-order valence-corrected chi connectivity index (χ3v) is 8.60. The van der Waals surface area contributed by atoms with Gasteiger partial charge in [-0.05, 0) is 38.5 Å². The number of rotatable bonds is 34. The number of carbonyl (C=O) groups excluding carboxylic acids is 3. The Morgan fingerprint density at radius 3 is 1.41 bits per heavy atom. The SMILES string of the molecule is CCCCCCCCCCCCCCC(=O)OC(CCCCCCCC)CCCCCCCC(=O)NCC(=O)NC(CO)C(=O)O. The lowest BCUT2D eigenvalue weighted by atomic mass is 10.0. The molecule has 0 aliphatic carbocycles. The van der Waals surface area contributed by atoms with Crippen molar-refractivity contribution in [2.45, 2.75) is 199 Å². The molecule has 0 bridgehead atoms. The van der Waals surface area contributed by atoms with Crippen LogP contribution in [-0.2, 0) is 23.9 Å². The highest BCUT2D eigenvalue weighted by Crippen LogP contribution is 2.18. The zero-order chi connectivity index (χ0) is 34.1. The molecule has 0 rings (SSSR count). The molecule has 0 saturated carbocycles. The van der Waals surface area contributed by atoms with E-state index in [9.17, 15) is 19.2 Å². The maximum absolute atomic E-state index is 12.6. The Kier molecular flexibility index (Phi) is 31.2. The monoisotopic (exact) mass is 655 g/mol. The maximum Gasteiger partial charge on any atom is 0.328 e. The van der Waals surface area contributed by atoms with Crippen LogP contribution in [0.5, 0.6) is 0 Å². The van der Waals surface area contributed by atoms with Gasteiger partial charge in [-0.25, -0.2) is 4.79 Å². The highest BCUT2D eigenvalue weighted by atomic mass is 16.5. The molecule has 9 heteroatoms. The zero-order valence-electron chi connectivity index (χ0n) is 29.6. The Labute approximate surface area is 280 Å². The Bertz CT molecular complexity index is 762. The van der Waals surface area contributed by atoms with Gasteiger partial charge in [0, 0.05) is 12.8 Å². The Morgan fingerprint density at radius 2 is 0.978 bits per heavy atom. The van der Waals surface area contributed by atoms with Crippen molar-refractivity contribution in [1.82, 2.24) is 10.6 Å². The minimum Gasteiger partial charge on any atom is -0.480 e. The van der Waals surface area contributed by atoms with E-state index in [0.717, 1.165) is 57.8 Å². The van der Waals surface area contributed by atoms with E-state index in [-0.39, 0.29) is 24.5 Å². The van der Waals surface area contributed by atoms with Gasteiger partial charge in [0.05, 0.1) is 13.2 Å². The third-order valence-electron chi connectivity index (χ3n) is 8.60. The van der Waals surface area contributed by atoms with E-state index in [1.54, 1.807) is 0 Å². The molecule has 0 saturated heterocycles. The van der Waals surface area contributed by atoms with Gasteiger partial charge in [-0.15, -0.1) is 0 Å². The molecule has 0 aromatic heterocycles. The second kappa shape index (κ2) is 32.8. The van der Waals surface area contributed by atoms with Crippen LogP contribution in [0.25, 0.3) is 0 Å². The number of amides is 2. The van der Waals surface area contributed by atoms with Crippen molar-refractivity contribution in [3.8, 4) is 0 Å². The van der Waals surface area contributed by atoms with E-state index in [1.807, 2.05) is 0 Å². The average molecular weight is 655 g/mol. The molecule has 0 aromatic rings. The van der Waals surface area contributed by atoms with E-state index in [0.29, 0.717) is 19.3 Å². The molecule has 0 aliphatic rings. The summed E-state index contributed by atoms with van der Waals surface area (Å²) in [6.45, 7) is 3.45. The lowest BCUT2D eigenvalue weighted by Crippen LogP contribution is -2.47. The van der Waals surface area contributed by atoms with Gasteiger partial charge in [-0.1, -0.05) is 136 Å². The summed E-state index contributed by atoms with van der Waals surface area (Å²) < 4.78 is 5.96. The summed E-state index contributed by atoms with van der Waals surface area (Å²) in [5.74, 6) is -2.29. The van der Waals surface area contributed by atoms with Gasteiger partial charge >= 0.3 is 11.9 Å². The van der Waals surface area contributed by atoms with Gasteiger partial charge in [0.2, 0.25) is 11.8 Å². The predicted octanol–water partition coefficient (Wildman–Crippen LogP) is 8.15. The topological polar surface area (TPSA) is 142 Å². The summed E-state index contributed by atoms with van der Waals surface area (Å²) in [5, 5.41) is 22.5. The molecular weight excluding hydrogens is 584 g/mol. The van der Waals surface area contributed by atoms with Gasteiger partial charge in [0.1, 0.15) is 12.1 Å². The molecule has 0 heterocycles. The largest absolute Gasteiger partial charge is 0.480 e. The standard InChI is InChI=1S/C37H70N2O7/c1-3-5-7-9-11-12-13-14-15-16-21-25-29-36(43)46-32(26-22-18-10-8-6-4-2)27-23-19-17-20-24-28-34(41)38-30-35(42)39-33(31-40)37(44)45/h32-33,40H,3-31H2,1-2H3,(H,38,41)(H,39,42)(H,44,45). The van der Waals surface area contributed by atoms with Crippen molar-refractivity contribution in [2.75, 3.05) is 13.2 Å². The average Bonchev–Trinajstić information content (AvgIpc) is 3.03. The highest BCUT2D eigenvalue weighted by Gasteiger charge is 2.19. The van der Waals surface area contributed by atoms with Crippen LogP contribution in [0.3, 0.4) is 0 Å². The fourth-order valence-corrected chi connectivity index (χ4v) is 5.66. The summed E-state index contributed by atoms with van der Waals surface area (Å²) in [6, 6.07) is -1.38. The van der Waals surface area contributed by atoms with Crippen LogP contribution in [0.1, 0.15) is 187 Å². The molecule has 2 amide bonds. The molecule has 0 spiro atoms. The molecule has 0 aliphatic heterocycles. The molecule has 2 unspecified atom stereocenters. The smallest absolute Gasteiger partial charge is 0.328 e. The van der Waals surface area contributed by atoms with Crippen LogP contribution in [0.2, 0.25) is 0 Å². The lowest BCUT2D eigenvalue weighted by molar-refractivity contribution is -0.150.